The lowest BCUT2D eigenvalue weighted by Crippen LogP contribution is -2.48. The fraction of sp³-hybridized carbons (Fsp3) is 0.333. The van der Waals surface area contributed by atoms with Crippen molar-refractivity contribution in [1.82, 2.24) is 14.4 Å². The molecule has 1 atom stereocenters. The third-order valence-corrected chi connectivity index (χ3v) is 7.89. The van der Waals surface area contributed by atoms with Gasteiger partial charge in [-0.3, -0.25) is 9.80 Å². The molecule has 1 unspecified atom stereocenters. The van der Waals surface area contributed by atoms with Crippen molar-refractivity contribution >= 4 is 31.6 Å². The van der Waals surface area contributed by atoms with Crippen LogP contribution in [0.25, 0.3) is 21.8 Å². The van der Waals surface area contributed by atoms with Crippen molar-refractivity contribution in [3.63, 3.8) is 0 Å². The Morgan fingerprint density at radius 2 is 1.29 bits per heavy atom. The van der Waals surface area contributed by atoms with Gasteiger partial charge >= 0.3 is 0 Å². The van der Waals surface area contributed by atoms with Crippen LogP contribution in [-0.2, 0) is 22.9 Å². The number of hydrogen-bond acceptors (Lipinski definition) is 5. The van der Waals surface area contributed by atoms with Gasteiger partial charge in [0.15, 0.2) is 9.84 Å². The number of benzene rings is 3. The maximum atomic E-state index is 11.6. The summed E-state index contributed by atoms with van der Waals surface area (Å²) in [7, 11) is -3.16. The molecule has 0 spiro atoms. The zero-order chi connectivity index (χ0) is 23.7. The Labute approximate surface area is 200 Å². The number of hydrogen-bond donors (Lipinski definition) is 1. The third-order valence-electron chi connectivity index (χ3n) is 6.76. The molecule has 0 amide bonds. The molecule has 1 aliphatic rings. The minimum atomic E-state index is -3.16. The number of nitrogens with zero attached hydrogens (tertiary/aromatic N) is 3. The molecule has 1 fully saturated rings. The number of fused-ring (bicyclic) bond motifs is 3. The minimum absolute atomic E-state index is 0.360. The molecule has 6 nitrogen and oxygen atoms in total. The summed E-state index contributed by atoms with van der Waals surface area (Å²) in [4.78, 5) is 5.07. The average molecular weight is 478 g/mol. The van der Waals surface area contributed by atoms with Gasteiger partial charge in [0.25, 0.3) is 0 Å². The van der Waals surface area contributed by atoms with E-state index in [1.165, 1.54) is 17.0 Å². The van der Waals surface area contributed by atoms with Crippen LogP contribution in [0.3, 0.4) is 0 Å². The molecule has 0 bridgehead atoms. The average Bonchev–Trinajstić information content (AvgIpc) is 3.14. The van der Waals surface area contributed by atoms with Gasteiger partial charge in [0, 0.05) is 67.3 Å². The minimum Gasteiger partial charge on any atom is -0.390 e. The number of aliphatic hydroxyl groups excluding tert-OH is 1. The molecule has 0 saturated carbocycles. The largest absolute Gasteiger partial charge is 0.390 e. The second kappa shape index (κ2) is 9.50. The van der Waals surface area contributed by atoms with Crippen LogP contribution in [0, 0.1) is 0 Å². The van der Waals surface area contributed by atoms with Crippen LogP contribution < -0.4 is 0 Å². The van der Waals surface area contributed by atoms with Gasteiger partial charge in [-0.15, -0.1) is 0 Å². The number of β-amino-alcohol motifs (C(OH)–C–C–N with tert-alkyl or cyclic N) is 1. The number of aliphatic hydroxyl groups is 1. The number of sulfone groups is 1. The Morgan fingerprint density at radius 1 is 0.765 bits per heavy atom. The van der Waals surface area contributed by atoms with E-state index in [1.807, 2.05) is 12.1 Å². The van der Waals surface area contributed by atoms with Crippen LogP contribution in [-0.4, -0.2) is 73.0 Å². The van der Waals surface area contributed by atoms with Crippen molar-refractivity contribution in [2.45, 2.75) is 24.1 Å². The molecule has 1 saturated heterocycles. The topological polar surface area (TPSA) is 65.8 Å². The molecule has 1 N–H and O–H groups in total. The van der Waals surface area contributed by atoms with E-state index in [0.29, 0.717) is 18.0 Å². The summed E-state index contributed by atoms with van der Waals surface area (Å²) in [6.45, 7) is 5.70. The Balaban J connectivity index is 1.18. The monoisotopic (exact) mass is 477 g/mol. The normalized spacial score (nSPS) is 16.9. The van der Waals surface area contributed by atoms with Crippen molar-refractivity contribution in [1.29, 1.82) is 0 Å². The summed E-state index contributed by atoms with van der Waals surface area (Å²) in [6, 6.07) is 24.0. The highest BCUT2D eigenvalue weighted by Gasteiger charge is 2.21. The van der Waals surface area contributed by atoms with E-state index in [2.05, 4.69) is 62.9 Å². The van der Waals surface area contributed by atoms with Crippen molar-refractivity contribution < 1.29 is 13.5 Å². The predicted octanol–water partition coefficient (Wildman–Crippen LogP) is 3.38. The molecule has 3 aromatic carbocycles. The highest BCUT2D eigenvalue weighted by atomic mass is 32.2. The lowest BCUT2D eigenvalue weighted by atomic mass is 10.2. The number of piperazine rings is 1. The smallest absolute Gasteiger partial charge is 0.175 e. The number of aromatic nitrogens is 1. The van der Waals surface area contributed by atoms with Crippen molar-refractivity contribution in [2.75, 3.05) is 39.0 Å². The first-order chi connectivity index (χ1) is 16.4. The van der Waals surface area contributed by atoms with Crippen LogP contribution in [0.5, 0.6) is 0 Å². The molecule has 7 heteroatoms. The van der Waals surface area contributed by atoms with Gasteiger partial charge in [0.05, 0.1) is 17.5 Å². The molecule has 1 aromatic heterocycles. The third kappa shape index (κ3) is 4.88. The summed E-state index contributed by atoms with van der Waals surface area (Å²) >= 11 is 0. The summed E-state index contributed by atoms with van der Waals surface area (Å²) in [5, 5.41) is 13.4. The van der Waals surface area contributed by atoms with Gasteiger partial charge in [-0.2, -0.15) is 0 Å². The van der Waals surface area contributed by atoms with E-state index < -0.39 is 15.9 Å². The molecule has 34 heavy (non-hydrogen) atoms. The highest BCUT2D eigenvalue weighted by Crippen LogP contribution is 2.29. The van der Waals surface area contributed by atoms with Crippen molar-refractivity contribution in [3.8, 4) is 0 Å². The van der Waals surface area contributed by atoms with E-state index in [4.69, 9.17) is 0 Å². The quantitative estimate of drug-likeness (QED) is 0.442. The van der Waals surface area contributed by atoms with Crippen LogP contribution in [0.1, 0.15) is 5.56 Å². The standard InChI is InChI=1S/C27H31N3O3S/c1-34(32,33)23-12-10-21(11-13-23)18-28-14-16-29(17-15-28)19-22(31)20-30-26-8-4-2-6-24(26)25-7-3-5-9-27(25)30/h2-13,22,31H,14-20H2,1H3. The molecule has 0 radical (unpaired) electrons. The van der Waals surface area contributed by atoms with Gasteiger partial charge in [-0.05, 0) is 29.8 Å². The maximum Gasteiger partial charge on any atom is 0.175 e. The van der Waals surface area contributed by atoms with Gasteiger partial charge in [0.1, 0.15) is 0 Å². The molecule has 0 aliphatic carbocycles. The van der Waals surface area contributed by atoms with Crippen LogP contribution >= 0.6 is 0 Å². The molecule has 1 aliphatic heterocycles. The highest BCUT2D eigenvalue weighted by molar-refractivity contribution is 7.90. The Bertz CT molecular complexity index is 1330. The van der Waals surface area contributed by atoms with E-state index in [0.717, 1.165) is 49.3 Å². The Hall–Kier alpha value is -2.71. The van der Waals surface area contributed by atoms with Gasteiger partial charge in [-0.25, -0.2) is 8.42 Å². The van der Waals surface area contributed by atoms with Crippen LogP contribution in [0.2, 0.25) is 0 Å². The van der Waals surface area contributed by atoms with E-state index in [-0.39, 0.29) is 0 Å². The molecule has 178 valence electrons. The van der Waals surface area contributed by atoms with E-state index in [1.54, 1.807) is 12.1 Å². The molecule has 2 heterocycles. The first kappa shape index (κ1) is 23.1. The summed E-state index contributed by atoms with van der Waals surface area (Å²) in [5.41, 5.74) is 3.44. The lowest BCUT2D eigenvalue weighted by molar-refractivity contribution is 0.0634. The molecular formula is C27H31N3O3S. The summed E-state index contributed by atoms with van der Waals surface area (Å²) < 4.78 is 25.5. The summed E-state index contributed by atoms with van der Waals surface area (Å²) in [5.74, 6) is 0. The second-order valence-electron chi connectivity index (χ2n) is 9.29. The molecular weight excluding hydrogens is 446 g/mol. The predicted molar refractivity (Wildman–Crippen MR) is 137 cm³/mol. The van der Waals surface area contributed by atoms with E-state index in [9.17, 15) is 13.5 Å². The van der Waals surface area contributed by atoms with Crippen LogP contribution in [0.4, 0.5) is 0 Å². The fourth-order valence-corrected chi connectivity index (χ4v) is 5.63. The number of para-hydroxylation sites is 2. The first-order valence-corrected chi connectivity index (χ1v) is 13.7. The SMILES string of the molecule is CS(=O)(=O)c1ccc(CN2CCN(CC(O)Cn3c4ccccc4c4ccccc43)CC2)cc1. The molecule has 5 rings (SSSR count). The number of rotatable bonds is 7. The Kier molecular flexibility index (Phi) is 6.44. The lowest BCUT2D eigenvalue weighted by Gasteiger charge is -2.35. The zero-order valence-electron chi connectivity index (χ0n) is 19.5. The fourth-order valence-electron chi connectivity index (χ4n) is 5.00. The Morgan fingerprint density at radius 3 is 1.85 bits per heavy atom. The first-order valence-electron chi connectivity index (χ1n) is 11.8. The summed E-state index contributed by atoms with van der Waals surface area (Å²) in [6.07, 6.45) is 0.783. The maximum absolute atomic E-state index is 11.6. The molecule has 4 aromatic rings. The van der Waals surface area contributed by atoms with Gasteiger partial charge in [-0.1, -0.05) is 48.5 Å². The van der Waals surface area contributed by atoms with E-state index >= 15 is 0 Å². The van der Waals surface area contributed by atoms with Crippen molar-refractivity contribution in [2.24, 2.45) is 0 Å². The second-order valence-corrected chi connectivity index (χ2v) is 11.3. The van der Waals surface area contributed by atoms with Gasteiger partial charge < -0.3 is 9.67 Å². The van der Waals surface area contributed by atoms with Gasteiger partial charge in [0.2, 0.25) is 0 Å². The zero-order valence-corrected chi connectivity index (χ0v) is 20.3. The van der Waals surface area contributed by atoms with Crippen LogP contribution in [0.15, 0.2) is 77.7 Å². The van der Waals surface area contributed by atoms with Crippen molar-refractivity contribution in [3.05, 3.63) is 78.4 Å².